The van der Waals surface area contributed by atoms with Crippen molar-refractivity contribution in [1.29, 1.82) is 0 Å². The van der Waals surface area contributed by atoms with Gasteiger partial charge in [0.2, 0.25) is 0 Å². The molecule has 2 aromatic rings. The molecule has 21 heavy (non-hydrogen) atoms. The van der Waals surface area contributed by atoms with Crippen LogP contribution in [0, 0.1) is 6.92 Å². The molecule has 0 saturated heterocycles. The molecule has 1 aromatic heterocycles. The zero-order chi connectivity index (χ0) is 15.6. The highest BCUT2D eigenvalue weighted by molar-refractivity contribution is 9.10. The molecule has 0 saturated carbocycles. The monoisotopic (exact) mass is 358 g/mol. The number of nitrogens with one attached hydrogen (secondary N) is 1. The number of amides is 1. The average molecular weight is 359 g/mol. The van der Waals surface area contributed by atoms with Crippen molar-refractivity contribution in [2.75, 3.05) is 5.32 Å². The highest BCUT2D eigenvalue weighted by Gasteiger charge is 2.35. The van der Waals surface area contributed by atoms with Crippen LogP contribution in [0.2, 0.25) is 0 Å². The van der Waals surface area contributed by atoms with Crippen LogP contribution in [-0.4, -0.2) is 10.9 Å². The third-order valence-electron chi connectivity index (χ3n) is 2.77. The van der Waals surface area contributed by atoms with Crippen LogP contribution >= 0.6 is 15.9 Å². The molecule has 0 atom stereocenters. The van der Waals surface area contributed by atoms with Crippen molar-refractivity contribution in [1.82, 2.24) is 4.98 Å². The summed E-state index contributed by atoms with van der Waals surface area (Å²) in [6, 6.07) is 6.76. The predicted molar refractivity (Wildman–Crippen MR) is 76.1 cm³/mol. The quantitative estimate of drug-likeness (QED) is 0.862. The van der Waals surface area contributed by atoms with Gasteiger partial charge in [-0.05, 0) is 36.8 Å². The maximum atomic E-state index is 13.0. The van der Waals surface area contributed by atoms with E-state index in [-0.39, 0.29) is 10.3 Å². The van der Waals surface area contributed by atoms with Crippen molar-refractivity contribution in [3.63, 3.8) is 0 Å². The van der Waals surface area contributed by atoms with E-state index in [1.807, 2.05) is 0 Å². The van der Waals surface area contributed by atoms with Gasteiger partial charge in [0.05, 0.1) is 11.1 Å². The van der Waals surface area contributed by atoms with Gasteiger partial charge in [0.15, 0.2) is 0 Å². The average Bonchev–Trinajstić information content (AvgIpc) is 2.40. The number of carbonyl (C=O) groups is 1. The number of pyridine rings is 1. The van der Waals surface area contributed by atoms with E-state index >= 15 is 0 Å². The molecule has 110 valence electrons. The van der Waals surface area contributed by atoms with Crippen LogP contribution < -0.4 is 5.32 Å². The Morgan fingerprint density at radius 3 is 2.62 bits per heavy atom. The van der Waals surface area contributed by atoms with E-state index in [1.54, 1.807) is 19.1 Å². The number of aromatic nitrogens is 1. The third-order valence-corrected chi connectivity index (χ3v) is 3.27. The summed E-state index contributed by atoms with van der Waals surface area (Å²) in [7, 11) is 0. The van der Waals surface area contributed by atoms with Gasteiger partial charge in [-0.1, -0.05) is 22.0 Å². The minimum Gasteiger partial charge on any atom is -0.306 e. The zero-order valence-corrected chi connectivity index (χ0v) is 12.4. The summed E-state index contributed by atoms with van der Waals surface area (Å²) >= 11 is 2.97. The first-order valence-corrected chi connectivity index (χ1v) is 6.68. The van der Waals surface area contributed by atoms with E-state index in [9.17, 15) is 18.0 Å². The van der Waals surface area contributed by atoms with Crippen LogP contribution in [0.3, 0.4) is 0 Å². The summed E-state index contributed by atoms with van der Waals surface area (Å²) in [5, 5.41) is 2.39. The van der Waals surface area contributed by atoms with Crippen LogP contribution in [0.1, 0.15) is 21.5 Å². The number of carbonyl (C=O) groups excluding carboxylic acids is 1. The van der Waals surface area contributed by atoms with Crippen molar-refractivity contribution in [3.05, 3.63) is 57.7 Å². The first kappa shape index (κ1) is 15.5. The van der Waals surface area contributed by atoms with E-state index in [0.717, 1.165) is 12.1 Å². The van der Waals surface area contributed by atoms with Crippen molar-refractivity contribution in [2.45, 2.75) is 13.1 Å². The predicted octanol–water partition coefficient (Wildman–Crippen LogP) is 4.42. The van der Waals surface area contributed by atoms with Crippen LogP contribution in [0.15, 0.2) is 41.0 Å². The number of alkyl halides is 3. The second-order valence-corrected chi connectivity index (χ2v) is 5.23. The Bertz CT molecular complexity index is 686. The van der Waals surface area contributed by atoms with Gasteiger partial charge < -0.3 is 5.32 Å². The SMILES string of the molecule is Cc1cccnc1NC(=O)c1ccc(Br)cc1C(F)(F)F. The Labute approximate surface area is 127 Å². The van der Waals surface area contributed by atoms with Crippen molar-refractivity contribution in [2.24, 2.45) is 0 Å². The van der Waals surface area contributed by atoms with Crippen LogP contribution in [0.25, 0.3) is 0 Å². The smallest absolute Gasteiger partial charge is 0.306 e. The van der Waals surface area contributed by atoms with E-state index < -0.39 is 23.2 Å². The standard InChI is InChI=1S/C14H10BrF3N2O/c1-8-3-2-6-19-12(8)20-13(21)10-5-4-9(15)7-11(10)14(16,17)18/h2-7H,1H3,(H,19,20,21). The fourth-order valence-electron chi connectivity index (χ4n) is 1.74. The molecule has 1 heterocycles. The molecule has 0 unspecified atom stereocenters. The molecule has 0 bridgehead atoms. The van der Waals surface area contributed by atoms with Gasteiger partial charge in [-0.2, -0.15) is 13.2 Å². The number of rotatable bonds is 2. The molecule has 3 nitrogen and oxygen atoms in total. The Morgan fingerprint density at radius 2 is 2.00 bits per heavy atom. The topological polar surface area (TPSA) is 42.0 Å². The summed E-state index contributed by atoms with van der Waals surface area (Å²) in [5.74, 6) is -0.616. The summed E-state index contributed by atoms with van der Waals surface area (Å²) < 4.78 is 39.2. The van der Waals surface area contributed by atoms with E-state index in [1.165, 1.54) is 12.3 Å². The molecule has 0 fully saturated rings. The maximum absolute atomic E-state index is 13.0. The van der Waals surface area contributed by atoms with Gasteiger partial charge in [-0.25, -0.2) is 4.98 Å². The molecule has 0 aliphatic carbocycles. The van der Waals surface area contributed by atoms with Gasteiger partial charge in [0.1, 0.15) is 5.82 Å². The van der Waals surface area contributed by atoms with Crippen molar-refractivity contribution < 1.29 is 18.0 Å². The van der Waals surface area contributed by atoms with Crippen molar-refractivity contribution >= 4 is 27.7 Å². The molecule has 0 aliphatic rings. The zero-order valence-electron chi connectivity index (χ0n) is 10.8. The molecule has 2 rings (SSSR count). The number of anilines is 1. The number of hydrogen-bond donors (Lipinski definition) is 1. The van der Waals surface area contributed by atoms with Gasteiger partial charge in [-0.3, -0.25) is 4.79 Å². The summed E-state index contributed by atoms with van der Waals surface area (Å²) in [6.45, 7) is 1.70. The second kappa shape index (κ2) is 5.85. The molecular formula is C14H10BrF3N2O. The van der Waals surface area contributed by atoms with Crippen molar-refractivity contribution in [3.8, 4) is 0 Å². The normalized spacial score (nSPS) is 11.3. The summed E-state index contributed by atoms with van der Waals surface area (Å²) in [4.78, 5) is 16.0. The first-order valence-electron chi connectivity index (χ1n) is 5.89. The van der Waals surface area contributed by atoms with E-state index in [2.05, 4.69) is 26.2 Å². The lowest BCUT2D eigenvalue weighted by molar-refractivity contribution is -0.137. The van der Waals surface area contributed by atoms with E-state index in [0.29, 0.717) is 5.56 Å². The number of aryl methyl sites for hydroxylation is 1. The van der Waals surface area contributed by atoms with Gasteiger partial charge in [0, 0.05) is 10.7 Å². The largest absolute Gasteiger partial charge is 0.417 e. The van der Waals surface area contributed by atoms with E-state index in [4.69, 9.17) is 0 Å². The highest BCUT2D eigenvalue weighted by Crippen LogP contribution is 2.34. The Morgan fingerprint density at radius 1 is 1.29 bits per heavy atom. The number of halogens is 4. The minimum absolute atomic E-state index is 0.235. The highest BCUT2D eigenvalue weighted by atomic mass is 79.9. The molecule has 7 heteroatoms. The number of nitrogens with zero attached hydrogens (tertiary/aromatic N) is 1. The molecule has 0 spiro atoms. The number of benzene rings is 1. The first-order chi connectivity index (χ1) is 9.79. The Kier molecular flexibility index (Phi) is 4.32. The van der Waals surface area contributed by atoms with Crippen LogP contribution in [0.4, 0.5) is 19.0 Å². The van der Waals surface area contributed by atoms with Gasteiger partial charge in [-0.15, -0.1) is 0 Å². The fourth-order valence-corrected chi connectivity index (χ4v) is 2.10. The molecule has 0 aliphatic heterocycles. The van der Waals surface area contributed by atoms with Crippen LogP contribution in [0.5, 0.6) is 0 Å². The number of hydrogen-bond acceptors (Lipinski definition) is 2. The molecule has 1 N–H and O–H groups in total. The Balaban J connectivity index is 2.38. The summed E-state index contributed by atoms with van der Waals surface area (Å²) in [5.41, 5.74) is -0.782. The fraction of sp³-hybridized carbons (Fsp3) is 0.143. The van der Waals surface area contributed by atoms with Gasteiger partial charge >= 0.3 is 6.18 Å². The van der Waals surface area contributed by atoms with Crippen LogP contribution in [-0.2, 0) is 6.18 Å². The lowest BCUT2D eigenvalue weighted by atomic mass is 10.1. The minimum atomic E-state index is -4.62. The summed E-state index contributed by atoms with van der Waals surface area (Å²) in [6.07, 6.45) is -3.16. The molecule has 0 radical (unpaired) electrons. The molecular weight excluding hydrogens is 349 g/mol. The molecule has 1 aromatic carbocycles. The lowest BCUT2D eigenvalue weighted by Gasteiger charge is -2.13. The third kappa shape index (κ3) is 3.60. The second-order valence-electron chi connectivity index (χ2n) is 4.31. The lowest BCUT2D eigenvalue weighted by Crippen LogP contribution is -2.19. The maximum Gasteiger partial charge on any atom is 0.417 e. The molecule has 1 amide bonds. The Hall–Kier alpha value is -1.89. The van der Waals surface area contributed by atoms with Gasteiger partial charge in [0.25, 0.3) is 5.91 Å².